The molecule has 0 N–H and O–H groups in total. The lowest BCUT2D eigenvalue weighted by atomic mass is 10.0. The molecular formula is C22H19FN2O2S. The molecule has 0 saturated carbocycles. The van der Waals surface area contributed by atoms with Crippen molar-refractivity contribution in [1.29, 1.82) is 0 Å². The monoisotopic (exact) mass is 394 g/mol. The number of halogens is 1. The minimum Gasteiger partial charge on any atom is -0.497 e. The molecule has 0 radical (unpaired) electrons. The third kappa shape index (κ3) is 3.10. The predicted molar refractivity (Wildman–Crippen MR) is 112 cm³/mol. The van der Waals surface area contributed by atoms with Crippen LogP contribution in [0, 0.1) is 6.92 Å². The molecule has 142 valence electrons. The molecule has 0 unspecified atom stereocenters. The Labute approximate surface area is 165 Å². The summed E-state index contributed by atoms with van der Waals surface area (Å²) in [4.78, 5) is 19.8. The van der Waals surface area contributed by atoms with Crippen LogP contribution in [0.1, 0.15) is 4.88 Å². The molecule has 0 bridgehead atoms. The van der Waals surface area contributed by atoms with E-state index in [1.54, 1.807) is 7.11 Å². The van der Waals surface area contributed by atoms with Crippen LogP contribution in [0.15, 0.2) is 59.4 Å². The van der Waals surface area contributed by atoms with Gasteiger partial charge in [-0.3, -0.25) is 9.36 Å². The topological polar surface area (TPSA) is 44.1 Å². The minimum atomic E-state index is -0.634. The molecule has 0 atom stereocenters. The average molecular weight is 394 g/mol. The number of aryl methyl sites for hydroxylation is 1. The van der Waals surface area contributed by atoms with Crippen molar-refractivity contribution >= 4 is 21.6 Å². The minimum absolute atomic E-state index is 0.0293. The van der Waals surface area contributed by atoms with Crippen LogP contribution in [-0.2, 0) is 6.54 Å². The molecule has 2 heterocycles. The van der Waals surface area contributed by atoms with Crippen molar-refractivity contribution in [3.8, 4) is 28.3 Å². The van der Waals surface area contributed by atoms with Gasteiger partial charge in [-0.1, -0.05) is 42.5 Å². The van der Waals surface area contributed by atoms with E-state index in [9.17, 15) is 9.18 Å². The van der Waals surface area contributed by atoms with Crippen LogP contribution in [0.25, 0.3) is 32.7 Å². The highest BCUT2D eigenvalue weighted by atomic mass is 32.1. The first-order chi connectivity index (χ1) is 13.6. The summed E-state index contributed by atoms with van der Waals surface area (Å²) in [6.07, 6.45) is 0. The largest absolute Gasteiger partial charge is 0.497 e. The summed E-state index contributed by atoms with van der Waals surface area (Å²) in [5.41, 5.74) is 2.30. The van der Waals surface area contributed by atoms with Crippen molar-refractivity contribution in [1.82, 2.24) is 9.55 Å². The summed E-state index contributed by atoms with van der Waals surface area (Å²) in [5, 5.41) is 0.531. The number of thiophene rings is 1. The quantitative estimate of drug-likeness (QED) is 0.474. The van der Waals surface area contributed by atoms with Crippen molar-refractivity contribution in [3.63, 3.8) is 0 Å². The van der Waals surface area contributed by atoms with E-state index in [4.69, 9.17) is 9.72 Å². The molecule has 2 aromatic heterocycles. The fraction of sp³-hybridized carbons (Fsp3) is 0.182. The van der Waals surface area contributed by atoms with Crippen LogP contribution in [0.2, 0.25) is 0 Å². The molecule has 4 aromatic rings. The summed E-state index contributed by atoms with van der Waals surface area (Å²) in [6, 6.07) is 17.0. The van der Waals surface area contributed by atoms with E-state index < -0.39 is 6.67 Å². The number of alkyl halides is 1. The summed E-state index contributed by atoms with van der Waals surface area (Å²) in [7, 11) is 1.61. The van der Waals surface area contributed by atoms with E-state index in [-0.39, 0.29) is 12.1 Å². The second-order valence-corrected chi connectivity index (χ2v) is 7.60. The number of hydrogen-bond acceptors (Lipinski definition) is 4. The standard InChI is InChI=1S/C22H19FN2O2S/c1-14-18(16-9-6-10-17(13-16)27-2)19-21(28-14)24-20(15-7-4-3-5-8-15)25(12-11-23)22(19)26/h3-10,13H,11-12H2,1-2H3. The Balaban J connectivity index is 2.04. The van der Waals surface area contributed by atoms with Crippen molar-refractivity contribution in [2.24, 2.45) is 0 Å². The maximum Gasteiger partial charge on any atom is 0.263 e. The third-order valence-corrected chi connectivity index (χ3v) is 5.69. The fourth-order valence-electron chi connectivity index (χ4n) is 3.42. The van der Waals surface area contributed by atoms with Gasteiger partial charge in [-0.2, -0.15) is 0 Å². The number of benzene rings is 2. The molecular weight excluding hydrogens is 375 g/mol. The van der Waals surface area contributed by atoms with E-state index in [2.05, 4.69) is 0 Å². The van der Waals surface area contributed by atoms with Crippen LogP contribution >= 0.6 is 11.3 Å². The third-order valence-electron chi connectivity index (χ3n) is 4.69. The van der Waals surface area contributed by atoms with Crippen molar-refractivity contribution < 1.29 is 9.13 Å². The van der Waals surface area contributed by atoms with Crippen LogP contribution in [0.5, 0.6) is 5.75 Å². The van der Waals surface area contributed by atoms with Crippen LogP contribution in [0.3, 0.4) is 0 Å². The molecule has 28 heavy (non-hydrogen) atoms. The van der Waals surface area contributed by atoms with Crippen LogP contribution in [-0.4, -0.2) is 23.3 Å². The van der Waals surface area contributed by atoms with Gasteiger partial charge in [0.05, 0.1) is 19.0 Å². The summed E-state index contributed by atoms with van der Waals surface area (Å²) in [6.45, 7) is 1.31. The van der Waals surface area contributed by atoms with Gasteiger partial charge in [0.25, 0.3) is 5.56 Å². The second-order valence-electron chi connectivity index (χ2n) is 6.39. The first-order valence-corrected chi connectivity index (χ1v) is 9.75. The molecule has 0 aliphatic carbocycles. The fourth-order valence-corrected chi connectivity index (χ4v) is 4.46. The molecule has 0 fully saturated rings. The van der Waals surface area contributed by atoms with E-state index in [0.29, 0.717) is 21.8 Å². The van der Waals surface area contributed by atoms with Gasteiger partial charge in [-0.25, -0.2) is 9.37 Å². The maximum atomic E-state index is 13.4. The SMILES string of the molecule is COc1cccc(-c2c(C)sc3nc(-c4ccccc4)n(CCF)c(=O)c23)c1. The first kappa shape index (κ1) is 18.4. The zero-order valence-corrected chi connectivity index (χ0v) is 16.4. The van der Waals surface area contributed by atoms with Gasteiger partial charge < -0.3 is 4.74 Å². The van der Waals surface area contributed by atoms with Crippen molar-refractivity contribution in [3.05, 3.63) is 69.8 Å². The lowest BCUT2D eigenvalue weighted by Crippen LogP contribution is -2.24. The Morgan fingerprint density at radius 1 is 1.11 bits per heavy atom. The van der Waals surface area contributed by atoms with Gasteiger partial charge in [0, 0.05) is 16.0 Å². The molecule has 0 aliphatic rings. The lowest BCUT2D eigenvalue weighted by molar-refractivity contribution is 0.415. The molecule has 0 aliphatic heterocycles. The summed E-state index contributed by atoms with van der Waals surface area (Å²) >= 11 is 1.48. The highest BCUT2D eigenvalue weighted by molar-refractivity contribution is 7.19. The number of ether oxygens (including phenoxy) is 1. The van der Waals surface area contributed by atoms with Gasteiger partial charge in [0.1, 0.15) is 23.1 Å². The zero-order valence-electron chi connectivity index (χ0n) is 15.6. The van der Waals surface area contributed by atoms with Crippen LogP contribution in [0.4, 0.5) is 4.39 Å². The van der Waals surface area contributed by atoms with Crippen molar-refractivity contribution in [2.75, 3.05) is 13.8 Å². The van der Waals surface area contributed by atoms with Gasteiger partial charge in [-0.05, 0) is 24.6 Å². The molecule has 0 saturated heterocycles. The molecule has 4 rings (SSSR count). The lowest BCUT2D eigenvalue weighted by Gasteiger charge is -2.12. The van der Waals surface area contributed by atoms with Gasteiger partial charge >= 0.3 is 0 Å². The van der Waals surface area contributed by atoms with E-state index >= 15 is 0 Å². The van der Waals surface area contributed by atoms with Crippen molar-refractivity contribution in [2.45, 2.75) is 13.5 Å². The number of fused-ring (bicyclic) bond motifs is 1. The summed E-state index contributed by atoms with van der Waals surface area (Å²) < 4.78 is 20.0. The van der Waals surface area contributed by atoms with E-state index in [1.165, 1.54) is 15.9 Å². The molecule has 6 heteroatoms. The van der Waals surface area contributed by atoms with Crippen LogP contribution < -0.4 is 10.3 Å². The molecule has 4 nitrogen and oxygen atoms in total. The normalized spacial score (nSPS) is 11.1. The summed E-state index contributed by atoms with van der Waals surface area (Å²) in [5.74, 6) is 1.21. The molecule has 0 spiro atoms. The smallest absolute Gasteiger partial charge is 0.263 e. The second kappa shape index (κ2) is 7.56. The molecule has 0 amide bonds. The first-order valence-electron chi connectivity index (χ1n) is 8.93. The average Bonchev–Trinajstić information content (AvgIpc) is 3.07. The predicted octanol–water partition coefficient (Wildman–Crippen LogP) is 5.08. The Morgan fingerprint density at radius 2 is 1.86 bits per heavy atom. The van der Waals surface area contributed by atoms with E-state index in [0.717, 1.165) is 21.6 Å². The van der Waals surface area contributed by atoms with E-state index in [1.807, 2.05) is 61.5 Å². The molecule has 2 aromatic carbocycles. The highest BCUT2D eigenvalue weighted by Gasteiger charge is 2.20. The number of methoxy groups -OCH3 is 1. The number of rotatable bonds is 5. The number of hydrogen-bond donors (Lipinski definition) is 0. The Bertz CT molecular complexity index is 1200. The van der Waals surface area contributed by atoms with Gasteiger partial charge in [0.2, 0.25) is 0 Å². The number of aromatic nitrogens is 2. The maximum absolute atomic E-state index is 13.4. The number of nitrogens with zero attached hydrogens (tertiary/aromatic N) is 2. The Hall–Kier alpha value is -2.99. The Kier molecular flexibility index (Phi) is 4.96. The van der Waals surface area contributed by atoms with Gasteiger partial charge in [0.15, 0.2) is 0 Å². The zero-order chi connectivity index (χ0) is 19.7. The highest BCUT2D eigenvalue weighted by Crippen LogP contribution is 2.37. The van der Waals surface area contributed by atoms with Gasteiger partial charge in [-0.15, -0.1) is 11.3 Å². The Morgan fingerprint density at radius 3 is 2.57 bits per heavy atom.